The Balaban J connectivity index is 2.93. The molecule has 3 nitrogen and oxygen atoms in total. The van der Waals surface area contributed by atoms with Crippen molar-refractivity contribution >= 4 is 22.6 Å². The van der Waals surface area contributed by atoms with E-state index in [9.17, 15) is 4.21 Å². The molecule has 0 aliphatic heterocycles. The second-order valence-corrected chi connectivity index (χ2v) is 3.11. The van der Waals surface area contributed by atoms with E-state index in [-0.39, 0.29) is 0 Å². The molecular weight excluding hydrogens is 146 g/mol. The molecule has 0 radical (unpaired) electrons. The van der Waals surface area contributed by atoms with E-state index in [1.165, 1.54) is 12.3 Å². The van der Waals surface area contributed by atoms with Crippen LogP contribution in [0.4, 0.5) is 0 Å². The van der Waals surface area contributed by atoms with Crippen LogP contribution in [0.15, 0.2) is 16.5 Å². The number of nitrogens with zero attached hydrogens (tertiary/aromatic N) is 1. The van der Waals surface area contributed by atoms with Crippen LogP contribution < -0.4 is 0 Å². The maximum absolute atomic E-state index is 10.1. The SMILES string of the molecule is O=S(O)c1ccns1. The molecule has 1 aromatic rings. The third kappa shape index (κ3) is 1.12. The van der Waals surface area contributed by atoms with E-state index in [0.717, 1.165) is 11.5 Å². The Labute approximate surface area is 52.8 Å². The summed E-state index contributed by atoms with van der Waals surface area (Å²) in [5.41, 5.74) is 0. The van der Waals surface area contributed by atoms with Gasteiger partial charge in [-0.3, -0.25) is 0 Å². The van der Waals surface area contributed by atoms with Crippen LogP contribution in [-0.2, 0) is 11.1 Å². The van der Waals surface area contributed by atoms with Gasteiger partial charge in [0.25, 0.3) is 0 Å². The first-order chi connectivity index (χ1) is 3.80. The fourth-order valence-electron chi connectivity index (χ4n) is 0.294. The van der Waals surface area contributed by atoms with Crippen molar-refractivity contribution in [3.05, 3.63) is 12.3 Å². The van der Waals surface area contributed by atoms with Crippen molar-refractivity contribution in [3.8, 4) is 0 Å². The highest BCUT2D eigenvalue weighted by atomic mass is 32.2. The van der Waals surface area contributed by atoms with Gasteiger partial charge in [0.2, 0.25) is 0 Å². The predicted octanol–water partition coefficient (Wildman–Crippen LogP) is 0.724. The average molecular weight is 149 g/mol. The van der Waals surface area contributed by atoms with Crippen LogP contribution >= 0.6 is 11.5 Å². The first kappa shape index (κ1) is 5.87. The molecule has 0 aliphatic carbocycles. The van der Waals surface area contributed by atoms with Gasteiger partial charge in [0, 0.05) is 6.20 Å². The summed E-state index contributed by atoms with van der Waals surface area (Å²) in [7, 11) is 0. The van der Waals surface area contributed by atoms with Gasteiger partial charge >= 0.3 is 0 Å². The van der Waals surface area contributed by atoms with Gasteiger partial charge in [-0.25, -0.2) is 4.21 Å². The van der Waals surface area contributed by atoms with Crippen molar-refractivity contribution in [1.82, 2.24) is 4.37 Å². The Kier molecular flexibility index (Phi) is 1.72. The smallest absolute Gasteiger partial charge is 0.198 e. The fourth-order valence-corrected chi connectivity index (χ4v) is 1.20. The Morgan fingerprint density at radius 2 is 2.62 bits per heavy atom. The number of hydrogen-bond acceptors (Lipinski definition) is 3. The van der Waals surface area contributed by atoms with Gasteiger partial charge in [-0.1, -0.05) is 0 Å². The van der Waals surface area contributed by atoms with Crippen LogP contribution in [0.2, 0.25) is 0 Å². The Bertz CT molecular complexity index is 183. The molecule has 0 saturated heterocycles. The van der Waals surface area contributed by atoms with Crippen molar-refractivity contribution in [2.75, 3.05) is 0 Å². The minimum absolute atomic E-state index is 0.394. The van der Waals surface area contributed by atoms with Gasteiger partial charge in [0.1, 0.15) is 4.21 Å². The maximum Gasteiger partial charge on any atom is 0.198 e. The van der Waals surface area contributed by atoms with Crippen molar-refractivity contribution < 1.29 is 8.76 Å². The van der Waals surface area contributed by atoms with Crippen molar-refractivity contribution in [2.24, 2.45) is 0 Å². The summed E-state index contributed by atoms with van der Waals surface area (Å²) < 4.78 is 22.5. The average Bonchev–Trinajstić information content (AvgIpc) is 2.12. The third-order valence-electron chi connectivity index (χ3n) is 0.586. The molecule has 1 atom stereocenters. The van der Waals surface area contributed by atoms with E-state index in [1.807, 2.05) is 0 Å². The molecule has 0 amide bonds. The second kappa shape index (κ2) is 2.34. The Morgan fingerprint density at radius 1 is 1.88 bits per heavy atom. The van der Waals surface area contributed by atoms with Gasteiger partial charge in [0.15, 0.2) is 11.1 Å². The molecule has 1 aromatic heterocycles. The van der Waals surface area contributed by atoms with Gasteiger partial charge < -0.3 is 4.55 Å². The van der Waals surface area contributed by atoms with Crippen LogP contribution in [0.3, 0.4) is 0 Å². The van der Waals surface area contributed by atoms with E-state index < -0.39 is 11.1 Å². The second-order valence-electron chi connectivity index (χ2n) is 1.08. The van der Waals surface area contributed by atoms with E-state index in [1.54, 1.807) is 0 Å². The summed E-state index contributed by atoms with van der Waals surface area (Å²) in [5.74, 6) is 0. The van der Waals surface area contributed by atoms with E-state index in [2.05, 4.69) is 4.37 Å². The number of rotatable bonds is 1. The van der Waals surface area contributed by atoms with Crippen LogP contribution in [-0.4, -0.2) is 13.1 Å². The molecule has 0 bridgehead atoms. The lowest BCUT2D eigenvalue weighted by Crippen LogP contribution is -1.79. The lowest BCUT2D eigenvalue weighted by molar-refractivity contribution is 0.566. The summed E-state index contributed by atoms with van der Waals surface area (Å²) in [6.07, 6.45) is 1.49. The molecule has 5 heteroatoms. The molecule has 0 saturated carbocycles. The highest BCUT2D eigenvalue weighted by Crippen LogP contribution is 2.07. The predicted molar refractivity (Wildman–Crippen MR) is 31.2 cm³/mol. The normalized spacial score (nSPS) is 13.6. The molecule has 0 aromatic carbocycles. The minimum atomic E-state index is -1.84. The molecule has 1 unspecified atom stereocenters. The first-order valence-electron chi connectivity index (χ1n) is 1.82. The summed E-state index contributed by atoms with van der Waals surface area (Å²) in [5, 5.41) is 0. The van der Waals surface area contributed by atoms with E-state index in [4.69, 9.17) is 4.55 Å². The lowest BCUT2D eigenvalue weighted by atomic mass is 10.8. The summed E-state index contributed by atoms with van der Waals surface area (Å²) in [6.45, 7) is 0. The highest BCUT2D eigenvalue weighted by Gasteiger charge is 1.97. The molecule has 0 aliphatic rings. The molecular formula is C3H3NO2S2. The van der Waals surface area contributed by atoms with E-state index >= 15 is 0 Å². The van der Waals surface area contributed by atoms with E-state index in [0.29, 0.717) is 4.21 Å². The Morgan fingerprint density at radius 3 is 2.88 bits per heavy atom. The quantitative estimate of drug-likeness (QED) is 0.599. The maximum atomic E-state index is 10.1. The standard InChI is InChI=1S/C3H3NO2S2/c5-8(6)3-1-2-4-7-3/h1-2H,(H,5,6). The van der Waals surface area contributed by atoms with Crippen LogP contribution in [0.5, 0.6) is 0 Å². The largest absolute Gasteiger partial charge is 0.302 e. The zero-order valence-electron chi connectivity index (χ0n) is 3.77. The molecule has 1 rings (SSSR count). The number of hydrogen-bond donors (Lipinski definition) is 1. The fraction of sp³-hybridized carbons (Fsp3) is 0. The topological polar surface area (TPSA) is 50.2 Å². The van der Waals surface area contributed by atoms with Crippen molar-refractivity contribution in [3.63, 3.8) is 0 Å². The highest BCUT2D eigenvalue weighted by molar-refractivity contribution is 7.81. The molecule has 0 fully saturated rings. The molecule has 1 N–H and O–H groups in total. The monoisotopic (exact) mass is 149 g/mol. The number of aromatic nitrogens is 1. The molecule has 8 heavy (non-hydrogen) atoms. The zero-order chi connectivity index (χ0) is 5.98. The zero-order valence-corrected chi connectivity index (χ0v) is 5.41. The van der Waals surface area contributed by atoms with Crippen molar-refractivity contribution in [2.45, 2.75) is 4.21 Å². The summed E-state index contributed by atoms with van der Waals surface area (Å²) in [4.78, 5) is 0. The minimum Gasteiger partial charge on any atom is -0.302 e. The van der Waals surface area contributed by atoms with Gasteiger partial charge in [-0.15, -0.1) is 0 Å². The van der Waals surface area contributed by atoms with Gasteiger partial charge in [0.05, 0.1) is 0 Å². The molecule has 0 spiro atoms. The summed E-state index contributed by atoms with van der Waals surface area (Å²) in [6, 6.07) is 1.51. The van der Waals surface area contributed by atoms with Gasteiger partial charge in [-0.2, -0.15) is 4.37 Å². The van der Waals surface area contributed by atoms with Crippen molar-refractivity contribution in [1.29, 1.82) is 0 Å². The van der Waals surface area contributed by atoms with Crippen LogP contribution in [0, 0.1) is 0 Å². The summed E-state index contributed by atoms with van der Waals surface area (Å²) >= 11 is -0.811. The van der Waals surface area contributed by atoms with Gasteiger partial charge in [-0.05, 0) is 17.6 Å². The first-order valence-corrected chi connectivity index (χ1v) is 3.70. The lowest BCUT2D eigenvalue weighted by Gasteiger charge is -1.78. The third-order valence-corrected chi connectivity index (χ3v) is 2.26. The Hall–Kier alpha value is -0.260. The van der Waals surface area contributed by atoms with Crippen LogP contribution in [0.1, 0.15) is 0 Å². The molecule has 44 valence electrons. The van der Waals surface area contributed by atoms with Crippen LogP contribution in [0.25, 0.3) is 0 Å². The molecule has 1 heterocycles.